The van der Waals surface area contributed by atoms with Crippen LogP contribution in [0.3, 0.4) is 0 Å². The molecule has 2 aromatic carbocycles. The number of aliphatic hydroxyl groups excluding tert-OH is 1. The van der Waals surface area contributed by atoms with Gasteiger partial charge in [-0.05, 0) is 112 Å². The van der Waals surface area contributed by atoms with Gasteiger partial charge in [-0.15, -0.1) is 0 Å². The van der Waals surface area contributed by atoms with Crippen molar-refractivity contribution in [1.29, 1.82) is 0 Å². The number of hydrogen-bond donors (Lipinski definition) is 1. The zero-order valence-electron chi connectivity index (χ0n) is 13.2. The molecule has 1 atom stereocenters. The highest BCUT2D eigenvalue weighted by atomic mass is 127. The van der Waals surface area contributed by atoms with Gasteiger partial charge in [0.25, 0.3) is 11.1 Å². The predicted octanol–water partition coefficient (Wildman–Crippen LogP) is 4.17. The molecule has 1 aliphatic rings. The Bertz CT molecular complexity index is 735. The molecule has 0 spiro atoms. The molecule has 1 heterocycles. The molecule has 1 aliphatic heterocycles. The van der Waals surface area contributed by atoms with E-state index in [1.165, 1.54) is 0 Å². The molecule has 0 saturated carbocycles. The van der Waals surface area contributed by atoms with Crippen LogP contribution in [0.15, 0.2) is 48.5 Å². The van der Waals surface area contributed by atoms with Crippen molar-refractivity contribution < 1.29 is 14.7 Å². The summed E-state index contributed by atoms with van der Waals surface area (Å²) in [5.41, 5.74) is 1.24. The van der Waals surface area contributed by atoms with Crippen molar-refractivity contribution in [2.45, 2.75) is 12.5 Å². The first-order valence-corrected chi connectivity index (χ1v) is 10.1. The van der Waals surface area contributed by atoms with Gasteiger partial charge in [0.05, 0.1) is 6.10 Å². The number of amides is 1. The summed E-state index contributed by atoms with van der Waals surface area (Å²) < 4.78 is 2.21. The maximum atomic E-state index is 11.9. The number of nitrogens with zero attached hydrogens (tertiary/aromatic N) is 1. The zero-order chi connectivity index (χ0) is 18.4. The molecule has 0 unspecified atom stereocenters. The molecule has 4 nitrogen and oxygen atoms in total. The van der Waals surface area contributed by atoms with Crippen molar-refractivity contribution in [1.82, 2.24) is 4.90 Å². The third-order valence-electron chi connectivity index (χ3n) is 3.61. The molecule has 132 valence electrons. The minimum atomic E-state index is -0.406. The fraction of sp³-hybridized carbons (Fsp3) is 0.222. The molecule has 1 N–H and O–H groups in total. The van der Waals surface area contributed by atoms with Crippen LogP contribution in [0.4, 0.5) is 0 Å². The molecule has 1 amide bonds. The Balaban J connectivity index is 0.000000196. The second-order valence-corrected chi connectivity index (χ2v) is 8.32. The Kier molecular flexibility index (Phi) is 8.11. The van der Waals surface area contributed by atoms with Crippen molar-refractivity contribution in [3.63, 3.8) is 0 Å². The Hall–Kier alpha value is -0.710. The summed E-state index contributed by atoms with van der Waals surface area (Å²) in [6.45, 7) is 1.12. The smallest absolute Gasteiger partial charge is 0.253 e. The second-order valence-electron chi connectivity index (χ2n) is 5.48. The number of likely N-dealkylation sites (tertiary alicyclic amines) is 1. The monoisotopic (exact) mass is 583 g/mol. The fourth-order valence-electron chi connectivity index (χ4n) is 2.28. The Labute approximate surface area is 178 Å². The van der Waals surface area contributed by atoms with Gasteiger partial charge < -0.3 is 10.0 Å². The molecule has 0 aromatic heterocycles. The van der Waals surface area contributed by atoms with Crippen LogP contribution < -0.4 is 0 Å². The quantitative estimate of drug-likeness (QED) is 0.427. The zero-order valence-corrected chi connectivity index (χ0v) is 18.2. The van der Waals surface area contributed by atoms with E-state index in [-0.39, 0.29) is 12.0 Å². The summed E-state index contributed by atoms with van der Waals surface area (Å²) in [4.78, 5) is 24.1. The van der Waals surface area contributed by atoms with Crippen LogP contribution in [-0.4, -0.2) is 40.3 Å². The third-order valence-corrected chi connectivity index (χ3v) is 5.27. The number of halogens is 3. The van der Waals surface area contributed by atoms with E-state index in [1.807, 2.05) is 36.4 Å². The summed E-state index contributed by atoms with van der Waals surface area (Å²) in [6.07, 6.45) is 0.341. The van der Waals surface area contributed by atoms with E-state index in [9.17, 15) is 14.7 Å². The molecule has 2 aromatic rings. The van der Waals surface area contributed by atoms with Crippen molar-refractivity contribution >= 4 is 67.9 Å². The first kappa shape index (κ1) is 20.6. The largest absolute Gasteiger partial charge is 0.391 e. The topological polar surface area (TPSA) is 57.6 Å². The third kappa shape index (κ3) is 6.50. The standard InChI is InChI=1S/C11H12INO2.C7H4ClIO/c12-9-3-1-8(2-4-9)11(15)13-6-5-10(14)7-13;8-7(10)5-1-3-6(9)4-2-5/h1-4,10,14H,5-7H2;1-4H/t10-;/m1./s1. The summed E-state index contributed by atoms with van der Waals surface area (Å²) >= 11 is 9.59. The minimum Gasteiger partial charge on any atom is -0.391 e. The van der Waals surface area contributed by atoms with Gasteiger partial charge in [0, 0.05) is 31.4 Å². The molecule has 25 heavy (non-hydrogen) atoms. The van der Waals surface area contributed by atoms with Gasteiger partial charge in [0.1, 0.15) is 0 Å². The Morgan fingerprint density at radius 1 is 0.960 bits per heavy atom. The van der Waals surface area contributed by atoms with Crippen molar-refractivity contribution in [3.05, 3.63) is 66.8 Å². The molecule has 1 saturated heterocycles. The summed E-state index contributed by atoms with van der Waals surface area (Å²) in [7, 11) is 0. The number of β-amino-alcohol motifs (C(OH)–C–C–N with tert-alkyl or cyclic N) is 1. The maximum Gasteiger partial charge on any atom is 0.253 e. The minimum absolute atomic E-state index is 0.0166. The van der Waals surface area contributed by atoms with Crippen LogP contribution in [0.2, 0.25) is 0 Å². The highest BCUT2D eigenvalue weighted by Gasteiger charge is 2.25. The van der Waals surface area contributed by atoms with E-state index in [0.29, 0.717) is 30.6 Å². The van der Waals surface area contributed by atoms with Crippen LogP contribution in [0.1, 0.15) is 27.1 Å². The number of rotatable bonds is 2. The van der Waals surface area contributed by atoms with E-state index in [0.717, 1.165) is 7.14 Å². The molecular weight excluding hydrogens is 567 g/mol. The lowest BCUT2D eigenvalue weighted by Crippen LogP contribution is -2.29. The number of aliphatic hydroxyl groups is 1. The van der Waals surface area contributed by atoms with E-state index in [4.69, 9.17) is 11.6 Å². The molecule has 0 radical (unpaired) electrons. The number of carbonyl (C=O) groups excluding carboxylic acids is 2. The molecule has 7 heteroatoms. The van der Waals surface area contributed by atoms with Gasteiger partial charge in [-0.3, -0.25) is 9.59 Å². The van der Waals surface area contributed by atoms with Crippen LogP contribution in [-0.2, 0) is 0 Å². The first-order chi connectivity index (χ1) is 11.9. The van der Waals surface area contributed by atoms with E-state index in [1.54, 1.807) is 17.0 Å². The van der Waals surface area contributed by atoms with E-state index in [2.05, 4.69) is 45.2 Å². The summed E-state index contributed by atoms with van der Waals surface area (Å²) in [5.74, 6) is 0.0166. The van der Waals surface area contributed by atoms with Crippen LogP contribution in [0, 0.1) is 7.14 Å². The lowest BCUT2D eigenvalue weighted by molar-refractivity contribution is 0.0765. The Morgan fingerprint density at radius 2 is 1.44 bits per heavy atom. The average Bonchev–Trinajstić information content (AvgIpc) is 3.02. The molecular formula is C18H16ClI2NO3. The van der Waals surface area contributed by atoms with E-state index >= 15 is 0 Å². The predicted molar refractivity (Wildman–Crippen MR) is 115 cm³/mol. The summed E-state index contributed by atoms with van der Waals surface area (Å²) in [6, 6.07) is 14.6. The molecule has 0 aliphatic carbocycles. The normalized spacial score (nSPS) is 16.2. The fourth-order valence-corrected chi connectivity index (χ4v) is 3.13. The molecule has 1 fully saturated rings. The van der Waals surface area contributed by atoms with Crippen molar-refractivity contribution in [2.75, 3.05) is 13.1 Å². The van der Waals surface area contributed by atoms with Gasteiger partial charge in [0.15, 0.2) is 0 Å². The van der Waals surface area contributed by atoms with Crippen molar-refractivity contribution in [2.24, 2.45) is 0 Å². The van der Waals surface area contributed by atoms with E-state index < -0.39 is 5.24 Å². The lowest BCUT2D eigenvalue weighted by atomic mass is 10.2. The van der Waals surface area contributed by atoms with Gasteiger partial charge in [-0.2, -0.15) is 0 Å². The highest BCUT2D eigenvalue weighted by Crippen LogP contribution is 2.14. The van der Waals surface area contributed by atoms with Crippen LogP contribution >= 0.6 is 56.8 Å². The average molecular weight is 584 g/mol. The molecule has 0 bridgehead atoms. The number of carbonyl (C=O) groups is 2. The van der Waals surface area contributed by atoms with Crippen LogP contribution in [0.5, 0.6) is 0 Å². The van der Waals surface area contributed by atoms with Gasteiger partial charge in [0.2, 0.25) is 0 Å². The molecule has 3 rings (SSSR count). The number of benzene rings is 2. The highest BCUT2D eigenvalue weighted by molar-refractivity contribution is 14.1. The Morgan fingerprint density at radius 3 is 1.84 bits per heavy atom. The van der Waals surface area contributed by atoms with Gasteiger partial charge >= 0.3 is 0 Å². The van der Waals surface area contributed by atoms with Gasteiger partial charge in [-0.25, -0.2) is 0 Å². The second kappa shape index (κ2) is 9.84. The lowest BCUT2D eigenvalue weighted by Gasteiger charge is -2.15. The summed E-state index contributed by atoms with van der Waals surface area (Å²) in [5, 5.41) is 8.94. The number of hydrogen-bond acceptors (Lipinski definition) is 3. The van der Waals surface area contributed by atoms with Crippen LogP contribution in [0.25, 0.3) is 0 Å². The first-order valence-electron chi connectivity index (χ1n) is 7.55. The van der Waals surface area contributed by atoms with Crippen molar-refractivity contribution in [3.8, 4) is 0 Å². The maximum absolute atomic E-state index is 11.9. The van der Waals surface area contributed by atoms with Gasteiger partial charge in [-0.1, -0.05) is 0 Å². The SMILES string of the molecule is O=C(Cl)c1ccc(I)cc1.O=C(c1ccc(I)cc1)N1CC[C@@H](O)C1.